The van der Waals surface area contributed by atoms with Gasteiger partial charge >= 0.3 is 0 Å². The lowest BCUT2D eigenvalue weighted by Gasteiger charge is -2.26. The lowest BCUT2D eigenvalue weighted by atomic mass is 10.4. The van der Waals surface area contributed by atoms with Crippen LogP contribution in [0.15, 0.2) is 0 Å². The molecular weight excluding hydrogens is 184 g/mol. The molecule has 0 bridgehead atoms. The number of likely N-dealkylation sites (tertiary alicyclic amines) is 1. The number of nitrogens with one attached hydrogen (secondary N) is 1. The van der Waals surface area contributed by atoms with Gasteiger partial charge in [0.05, 0.1) is 13.2 Å². The van der Waals surface area contributed by atoms with Crippen molar-refractivity contribution in [3.63, 3.8) is 0 Å². The average molecular weight is 199 g/mol. The van der Waals surface area contributed by atoms with Crippen LogP contribution in [0.5, 0.6) is 0 Å². The number of ether oxygens (including phenoxy) is 1. The van der Waals surface area contributed by atoms with E-state index in [1.807, 2.05) is 0 Å². The van der Waals surface area contributed by atoms with Crippen molar-refractivity contribution in [3.05, 3.63) is 0 Å². The van der Waals surface area contributed by atoms with Crippen molar-refractivity contribution in [1.29, 1.82) is 0 Å². The minimum absolute atomic E-state index is 0.0195. The highest BCUT2D eigenvalue weighted by atomic mass is 16.5. The second kappa shape index (κ2) is 4.06. The van der Waals surface area contributed by atoms with Crippen molar-refractivity contribution >= 4 is 11.8 Å². The Morgan fingerprint density at radius 2 is 1.71 bits per heavy atom. The van der Waals surface area contributed by atoms with Gasteiger partial charge in [-0.25, -0.2) is 4.90 Å². The molecule has 0 aliphatic carbocycles. The molecular formula is C9H15N2O3+. The number of amides is 2. The predicted octanol–water partition coefficient (Wildman–Crippen LogP) is -1.99. The second-order valence-electron chi connectivity index (χ2n) is 3.74. The van der Waals surface area contributed by atoms with E-state index in [0.29, 0.717) is 19.5 Å². The van der Waals surface area contributed by atoms with Gasteiger partial charge in [-0.2, -0.15) is 0 Å². The molecule has 2 fully saturated rings. The molecule has 1 N–H and O–H groups in total. The van der Waals surface area contributed by atoms with Gasteiger partial charge in [0.2, 0.25) is 11.8 Å². The molecule has 0 saturated carbocycles. The summed E-state index contributed by atoms with van der Waals surface area (Å²) in [6.45, 7) is 3.76. The maximum atomic E-state index is 11.3. The van der Waals surface area contributed by atoms with Crippen molar-refractivity contribution in [1.82, 2.24) is 4.90 Å². The first-order valence-corrected chi connectivity index (χ1v) is 5.02. The third-order valence-electron chi connectivity index (χ3n) is 2.74. The highest BCUT2D eigenvalue weighted by molar-refractivity contribution is 6.01. The first-order chi connectivity index (χ1) is 6.77. The van der Waals surface area contributed by atoms with Crippen LogP contribution >= 0.6 is 0 Å². The van der Waals surface area contributed by atoms with Crippen LogP contribution in [0.2, 0.25) is 0 Å². The summed E-state index contributed by atoms with van der Waals surface area (Å²) in [5.74, 6) is -0.0389. The molecule has 2 heterocycles. The van der Waals surface area contributed by atoms with E-state index in [-0.39, 0.29) is 11.8 Å². The van der Waals surface area contributed by atoms with Crippen LogP contribution in [0, 0.1) is 0 Å². The first-order valence-electron chi connectivity index (χ1n) is 5.02. The quantitative estimate of drug-likeness (QED) is 0.524. The van der Waals surface area contributed by atoms with E-state index >= 15 is 0 Å². The van der Waals surface area contributed by atoms with Gasteiger partial charge in [-0.15, -0.1) is 0 Å². The van der Waals surface area contributed by atoms with Crippen LogP contribution in [0.1, 0.15) is 12.8 Å². The van der Waals surface area contributed by atoms with Gasteiger partial charge in [0, 0.05) is 12.8 Å². The second-order valence-corrected chi connectivity index (χ2v) is 3.74. The number of hydrogen-bond acceptors (Lipinski definition) is 3. The number of hydrogen-bond donors (Lipinski definition) is 1. The van der Waals surface area contributed by atoms with Gasteiger partial charge in [0.15, 0.2) is 6.67 Å². The maximum Gasteiger partial charge on any atom is 0.234 e. The number of morpholine rings is 1. The predicted molar refractivity (Wildman–Crippen MR) is 47.5 cm³/mol. The standard InChI is InChI=1S/C9H14N2O3/c12-8-1-2-9(13)11(8)7-10-3-5-14-6-4-10/h1-7H2/p+1. The normalized spacial score (nSPS) is 24.7. The first kappa shape index (κ1) is 9.61. The van der Waals surface area contributed by atoms with E-state index in [1.165, 1.54) is 9.80 Å². The van der Waals surface area contributed by atoms with Crippen molar-refractivity contribution in [2.75, 3.05) is 33.0 Å². The molecule has 2 rings (SSSR count). The zero-order valence-electron chi connectivity index (χ0n) is 8.12. The van der Waals surface area contributed by atoms with Gasteiger partial charge < -0.3 is 9.64 Å². The zero-order valence-corrected chi connectivity index (χ0v) is 8.12. The fraction of sp³-hybridized carbons (Fsp3) is 0.778. The monoisotopic (exact) mass is 199 g/mol. The lowest BCUT2D eigenvalue weighted by molar-refractivity contribution is -0.915. The Labute approximate surface area is 82.6 Å². The van der Waals surface area contributed by atoms with Crippen LogP contribution in [-0.2, 0) is 14.3 Å². The smallest absolute Gasteiger partial charge is 0.234 e. The Morgan fingerprint density at radius 3 is 2.29 bits per heavy atom. The number of rotatable bonds is 2. The van der Waals surface area contributed by atoms with Crippen LogP contribution in [0.3, 0.4) is 0 Å². The van der Waals surface area contributed by atoms with Gasteiger partial charge in [-0.3, -0.25) is 9.59 Å². The summed E-state index contributed by atoms with van der Waals surface area (Å²) in [7, 11) is 0. The molecule has 2 aliphatic rings. The summed E-state index contributed by atoms with van der Waals surface area (Å²) < 4.78 is 5.21. The molecule has 2 aliphatic heterocycles. The van der Waals surface area contributed by atoms with Crippen molar-refractivity contribution < 1.29 is 19.2 Å². The Kier molecular flexibility index (Phi) is 2.79. The number of imide groups is 1. The summed E-state index contributed by atoms with van der Waals surface area (Å²) in [4.78, 5) is 25.3. The third-order valence-corrected chi connectivity index (χ3v) is 2.74. The minimum Gasteiger partial charge on any atom is -0.370 e. The Hall–Kier alpha value is -0.940. The van der Waals surface area contributed by atoms with Crippen LogP contribution in [0.25, 0.3) is 0 Å². The maximum absolute atomic E-state index is 11.3. The molecule has 2 amide bonds. The van der Waals surface area contributed by atoms with Gasteiger partial charge in [-0.1, -0.05) is 0 Å². The lowest BCUT2D eigenvalue weighted by Crippen LogP contribution is -3.15. The molecule has 0 radical (unpaired) electrons. The molecule has 0 atom stereocenters. The van der Waals surface area contributed by atoms with E-state index < -0.39 is 0 Å². The largest absolute Gasteiger partial charge is 0.370 e. The van der Waals surface area contributed by atoms with E-state index in [1.54, 1.807) is 0 Å². The van der Waals surface area contributed by atoms with E-state index in [9.17, 15) is 9.59 Å². The van der Waals surface area contributed by atoms with Crippen molar-refractivity contribution in [3.8, 4) is 0 Å². The average Bonchev–Trinajstić information content (AvgIpc) is 2.51. The molecule has 2 saturated heterocycles. The Morgan fingerprint density at radius 1 is 1.14 bits per heavy atom. The van der Waals surface area contributed by atoms with Crippen LogP contribution in [0.4, 0.5) is 0 Å². The van der Waals surface area contributed by atoms with Gasteiger partial charge in [0.25, 0.3) is 0 Å². The molecule has 78 valence electrons. The molecule has 5 heteroatoms. The van der Waals surface area contributed by atoms with Crippen molar-refractivity contribution in [2.24, 2.45) is 0 Å². The number of nitrogens with zero attached hydrogens (tertiary/aromatic N) is 1. The van der Waals surface area contributed by atoms with Crippen molar-refractivity contribution in [2.45, 2.75) is 12.8 Å². The minimum atomic E-state index is -0.0195. The van der Waals surface area contributed by atoms with Crippen LogP contribution < -0.4 is 4.90 Å². The highest BCUT2D eigenvalue weighted by Gasteiger charge is 2.32. The summed E-state index contributed by atoms with van der Waals surface area (Å²) in [5.41, 5.74) is 0. The summed E-state index contributed by atoms with van der Waals surface area (Å²) in [5, 5.41) is 0. The van der Waals surface area contributed by atoms with E-state index in [2.05, 4.69) is 0 Å². The zero-order chi connectivity index (χ0) is 9.97. The van der Waals surface area contributed by atoms with Crippen LogP contribution in [-0.4, -0.2) is 49.7 Å². The number of carbonyl (C=O) groups excluding carboxylic acids is 2. The Bertz CT molecular complexity index is 232. The SMILES string of the molecule is O=C1CCC(=O)N1C[NH+]1CCOCC1. The van der Waals surface area contributed by atoms with E-state index in [4.69, 9.17) is 4.74 Å². The highest BCUT2D eigenvalue weighted by Crippen LogP contribution is 2.09. The van der Waals surface area contributed by atoms with Gasteiger partial charge in [0.1, 0.15) is 13.1 Å². The molecule has 5 nitrogen and oxygen atoms in total. The van der Waals surface area contributed by atoms with E-state index in [0.717, 1.165) is 26.3 Å². The molecule has 14 heavy (non-hydrogen) atoms. The fourth-order valence-electron chi connectivity index (χ4n) is 1.84. The Balaban J connectivity index is 1.89. The molecule has 0 aromatic carbocycles. The summed E-state index contributed by atoms with van der Waals surface area (Å²) >= 11 is 0. The molecule has 0 spiro atoms. The topological polar surface area (TPSA) is 51.0 Å². The summed E-state index contributed by atoms with van der Waals surface area (Å²) in [6.07, 6.45) is 0.783. The third kappa shape index (κ3) is 1.93. The molecule has 0 aromatic heterocycles. The fourth-order valence-corrected chi connectivity index (χ4v) is 1.84. The summed E-state index contributed by atoms with van der Waals surface area (Å²) in [6, 6.07) is 0. The number of carbonyl (C=O) groups is 2. The molecule has 0 aromatic rings. The van der Waals surface area contributed by atoms with Gasteiger partial charge in [-0.05, 0) is 0 Å². The number of quaternary nitrogens is 1. The molecule has 0 unspecified atom stereocenters.